The molecule has 1 heterocycles. The first kappa shape index (κ1) is 10.3. The predicted octanol–water partition coefficient (Wildman–Crippen LogP) is 2.41. The number of hydrogen-bond donors (Lipinski definition) is 1. The molecule has 78 valence electrons. The van der Waals surface area contributed by atoms with Gasteiger partial charge >= 0.3 is 5.97 Å². The molecule has 0 unspecified atom stereocenters. The third-order valence-corrected chi connectivity index (χ3v) is 2.73. The van der Waals surface area contributed by atoms with Crippen molar-refractivity contribution >= 4 is 45.2 Å². The molecule has 0 aliphatic heterocycles. The second kappa shape index (κ2) is 3.73. The van der Waals surface area contributed by atoms with Crippen LogP contribution in [0, 0.1) is 3.57 Å². The summed E-state index contributed by atoms with van der Waals surface area (Å²) in [5, 5.41) is 0.738. The third-order valence-electron chi connectivity index (χ3n) is 2.06. The molecular weight excluding hydrogens is 309 g/mol. The van der Waals surface area contributed by atoms with Crippen LogP contribution in [0.3, 0.4) is 0 Å². The number of fused-ring (bicyclic) bond motifs is 1. The number of esters is 1. The van der Waals surface area contributed by atoms with Crippen LogP contribution in [0.4, 0.5) is 5.69 Å². The lowest BCUT2D eigenvalue weighted by atomic mass is 10.2. The molecule has 0 saturated heterocycles. The molecule has 1 aromatic heterocycles. The van der Waals surface area contributed by atoms with Crippen molar-refractivity contribution in [2.45, 2.75) is 0 Å². The lowest BCUT2D eigenvalue weighted by molar-refractivity contribution is 0.0569. The van der Waals surface area contributed by atoms with E-state index in [1.807, 2.05) is 12.1 Å². The normalized spacial score (nSPS) is 10.5. The monoisotopic (exact) mass is 317 g/mol. The van der Waals surface area contributed by atoms with Crippen molar-refractivity contribution in [2.75, 3.05) is 12.8 Å². The van der Waals surface area contributed by atoms with Gasteiger partial charge in [0.15, 0.2) is 0 Å². The number of ether oxygens (including phenoxy) is 1. The molecule has 0 atom stereocenters. The molecule has 0 radical (unpaired) electrons. The first-order chi connectivity index (χ1) is 7.13. The Bertz CT molecular complexity index is 533. The number of nitrogen functional groups attached to an aromatic ring is 1. The molecule has 0 saturated carbocycles. The van der Waals surface area contributed by atoms with Crippen molar-refractivity contribution in [1.82, 2.24) is 0 Å². The van der Waals surface area contributed by atoms with Crippen molar-refractivity contribution in [2.24, 2.45) is 0 Å². The Morgan fingerprint density at radius 3 is 2.93 bits per heavy atom. The van der Waals surface area contributed by atoms with E-state index in [0.29, 0.717) is 11.3 Å². The zero-order valence-corrected chi connectivity index (χ0v) is 10.1. The second-order valence-corrected chi connectivity index (χ2v) is 4.22. The van der Waals surface area contributed by atoms with Gasteiger partial charge < -0.3 is 14.9 Å². The second-order valence-electron chi connectivity index (χ2n) is 2.98. The molecule has 0 aliphatic rings. The summed E-state index contributed by atoms with van der Waals surface area (Å²) in [5.74, 6) is -0.492. The summed E-state index contributed by atoms with van der Waals surface area (Å²) in [6.07, 6.45) is 0. The number of halogens is 1. The van der Waals surface area contributed by atoms with E-state index < -0.39 is 5.97 Å². The number of anilines is 1. The van der Waals surface area contributed by atoms with Gasteiger partial charge in [-0.15, -0.1) is 0 Å². The number of carbonyl (C=O) groups is 1. The molecule has 2 aromatic rings. The summed E-state index contributed by atoms with van der Waals surface area (Å²) in [4.78, 5) is 11.3. The summed E-state index contributed by atoms with van der Waals surface area (Å²) < 4.78 is 10.9. The van der Waals surface area contributed by atoms with E-state index in [2.05, 4.69) is 27.3 Å². The lowest BCUT2D eigenvalue weighted by Crippen LogP contribution is -2.02. The lowest BCUT2D eigenvalue weighted by Gasteiger charge is -1.94. The summed E-state index contributed by atoms with van der Waals surface area (Å²) in [5.41, 5.74) is 6.71. The van der Waals surface area contributed by atoms with Gasteiger partial charge in [0.1, 0.15) is 5.58 Å². The number of methoxy groups -OCH3 is 1. The number of hydrogen-bond acceptors (Lipinski definition) is 4. The van der Waals surface area contributed by atoms with Gasteiger partial charge in [-0.3, -0.25) is 0 Å². The number of rotatable bonds is 1. The van der Waals surface area contributed by atoms with Crippen molar-refractivity contribution in [1.29, 1.82) is 0 Å². The minimum atomic E-state index is -0.557. The summed E-state index contributed by atoms with van der Waals surface area (Å²) in [7, 11) is 1.29. The van der Waals surface area contributed by atoms with Crippen LogP contribution in [0.25, 0.3) is 11.0 Å². The zero-order valence-electron chi connectivity index (χ0n) is 7.91. The van der Waals surface area contributed by atoms with E-state index in [1.54, 1.807) is 6.07 Å². The quantitative estimate of drug-likeness (QED) is 0.648. The molecule has 2 N–H and O–H groups in total. The number of nitrogens with two attached hydrogens (primary N) is 1. The Morgan fingerprint density at radius 1 is 1.53 bits per heavy atom. The Morgan fingerprint density at radius 2 is 2.27 bits per heavy atom. The molecule has 0 spiro atoms. The van der Waals surface area contributed by atoms with E-state index in [9.17, 15) is 4.79 Å². The standard InChI is InChI=1S/C10H8INO3/c1-14-10(13)9-8(12)6-4-5(11)2-3-7(6)15-9/h2-4H,12H2,1H3. The number of furan rings is 1. The van der Waals surface area contributed by atoms with Gasteiger partial charge in [-0.2, -0.15) is 0 Å². The third kappa shape index (κ3) is 1.67. The van der Waals surface area contributed by atoms with Crippen LogP contribution in [0.15, 0.2) is 22.6 Å². The van der Waals surface area contributed by atoms with E-state index in [-0.39, 0.29) is 5.76 Å². The molecule has 0 bridgehead atoms. The molecule has 5 heteroatoms. The maximum Gasteiger partial charge on any atom is 0.376 e. The van der Waals surface area contributed by atoms with Crippen LogP contribution in [-0.4, -0.2) is 13.1 Å². The molecule has 0 amide bonds. The zero-order chi connectivity index (χ0) is 11.0. The van der Waals surface area contributed by atoms with Crippen molar-refractivity contribution in [3.05, 3.63) is 27.5 Å². The highest BCUT2D eigenvalue weighted by molar-refractivity contribution is 14.1. The van der Waals surface area contributed by atoms with Gasteiger partial charge in [0.05, 0.1) is 12.8 Å². The number of carbonyl (C=O) groups excluding carboxylic acids is 1. The molecular formula is C10H8INO3. The first-order valence-electron chi connectivity index (χ1n) is 4.19. The average molecular weight is 317 g/mol. The van der Waals surface area contributed by atoms with Gasteiger partial charge in [0, 0.05) is 8.96 Å². The SMILES string of the molecule is COC(=O)c1oc2ccc(I)cc2c1N. The molecule has 2 rings (SSSR count). The van der Waals surface area contributed by atoms with Gasteiger partial charge in [-0.1, -0.05) is 0 Å². The van der Waals surface area contributed by atoms with Crippen molar-refractivity contribution in [3.63, 3.8) is 0 Å². The van der Waals surface area contributed by atoms with E-state index >= 15 is 0 Å². The molecule has 0 aliphatic carbocycles. The predicted molar refractivity (Wildman–Crippen MR) is 64.7 cm³/mol. The van der Waals surface area contributed by atoms with Gasteiger partial charge in [0.25, 0.3) is 0 Å². The van der Waals surface area contributed by atoms with E-state index in [0.717, 1.165) is 8.96 Å². The Hall–Kier alpha value is -1.24. The Kier molecular flexibility index (Phi) is 2.56. The maximum atomic E-state index is 11.3. The fourth-order valence-corrected chi connectivity index (χ4v) is 1.82. The highest BCUT2D eigenvalue weighted by Crippen LogP contribution is 2.29. The average Bonchev–Trinajstić information content (AvgIpc) is 2.55. The van der Waals surface area contributed by atoms with Crippen molar-refractivity contribution in [3.8, 4) is 0 Å². The van der Waals surface area contributed by atoms with Crippen LogP contribution in [-0.2, 0) is 4.74 Å². The fourth-order valence-electron chi connectivity index (χ4n) is 1.33. The smallest absolute Gasteiger partial charge is 0.376 e. The maximum absolute atomic E-state index is 11.3. The van der Waals surface area contributed by atoms with Crippen molar-refractivity contribution < 1.29 is 13.9 Å². The highest BCUT2D eigenvalue weighted by Gasteiger charge is 2.18. The van der Waals surface area contributed by atoms with Crippen LogP contribution in [0.5, 0.6) is 0 Å². The Balaban J connectivity index is 2.69. The van der Waals surface area contributed by atoms with E-state index in [1.165, 1.54) is 7.11 Å². The van der Waals surface area contributed by atoms with Gasteiger partial charge in [-0.05, 0) is 40.8 Å². The van der Waals surface area contributed by atoms with Gasteiger partial charge in [-0.25, -0.2) is 4.79 Å². The molecule has 1 aromatic carbocycles. The van der Waals surface area contributed by atoms with Crippen LogP contribution in [0.2, 0.25) is 0 Å². The highest BCUT2D eigenvalue weighted by atomic mass is 127. The molecule has 4 nitrogen and oxygen atoms in total. The van der Waals surface area contributed by atoms with Gasteiger partial charge in [0.2, 0.25) is 5.76 Å². The van der Waals surface area contributed by atoms with Crippen LogP contribution >= 0.6 is 22.6 Å². The van der Waals surface area contributed by atoms with E-state index in [4.69, 9.17) is 10.2 Å². The minimum absolute atomic E-state index is 0.0644. The first-order valence-corrected chi connectivity index (χ1v) is 5.27. The minimum Gasteiger partial charge on any atom is -0.463 e. The van der Waals surface area contributed by atoms with Crippen LogP contribution in [0.1, 0.15) is 10.6 Å². The largest absolute Gasteiger partial charge is 0.463 e. The van der Waals surface area contributed by atoms with Crippen LogP contribution < -0.4 is 5.73 Å². The fraction of sp³-hybridized carbons (Fsp3) is 0.100. The number of benzene rings is 1. The summed E-state index contributed by atoms with van der Waals surface area (Å²) in [6.45, 7) is 0. The molecule has 0 fully saturated rings. The summed E-state index contributed by atoms with van der Waals surface area (Å²) in [6, 6.07) is 5.52. The molecule has 15 heavy (non-hydrogen) atoms. The topological polar surface area (TPSA) is 65.5 Å². The Labute approximate surface area is 99.5 Å². The summed E-state index contributed by atoms with van der Waals surface area (Å²) >= 11 is 2.17.